The zero-order valence-corrected chi connectivity index (χ0v) is 13.9. The summed E-state index contributed by atoms with van der Waals surface area (Å²) >= 11 is -1.03. The molecule has 0 saturated carbocycles. The van der Waals surface area contributed by atoms with Crippen LogP contribution in [-0.4, -0.2) is 33.4 Å². The summed E-state index contributed by atoms with van der Waals surface area (Å²) in [5, 5.41) is 3.45. The van der Waals surface area contributed by atoms with Crippen molar-refractivity contribution in [2.75, 3.05) is 13.1 Å². The fourth-order valence-corrected chi connectivity index (χ4v) is 4.38. The number of aromatic nitrogens is 1. The van der Waals surface area contributed by atoms with Crippen molar-refractivity contribution in [2.45, 2.75) is 50.8 Å². The van der Waals surface area contributed by atoms with E-state index in [9.17, 15) is 4.55 Å². The molecule has 2 aliphatic rings. The van der Waals surface area contributed by atoms with Crippen molar-refractivity contribution in [1.29, 1.82) is 0 Å². The van der Waals surface area contributed by atoms with Gasteiger partial charge >= 0.3 is 0 Å². The normalized spacial score (nSPS) is 30.4. The van der Waals surface area contributed by atoms with Gasteiger partial charge in [0.25, 0.3) is 0 Å². The summed E-state index contributed by atoms with van der Waals surface area (Å²) in [6.45, 7) is 7.97. The Morgan fingerprint density at radius 1 is 1.43 bits per heavy atom. The largest absolute Gasteiger partial charge is 0.598 e. The monoisotopic (exact) mass is 307 g/mol. The Morgan fingerprint density at radius 3 is 2.95 bits per heavy atom. The lowest BCUT2D eigenvalue weighted by Gasteiger charge is -2.42. The van der Waals surface area contributed by atoms with Gasteiger partial charge in [-0.25, -0.2) is 0 Å². The molecule has 1 aliphatic heterocycles. The van der Waals surface area contributed by atoms with Crippen LogP contribution in [-0.2, 0) is 24.2 Å². The molecule has 3 unspecified atom stereocenters. The zero-order chi connectivity index (χ0) is 15.1. The van der Waals surface area contributed by atoms with Crippen LogP contribution in [0.5, 0.6) is 0 Å². The van der Waals surface area contributed by atoms with Gasteiger partial charge in [0.1, 0.15) is 4.75 Å². The van der Waals surface area contributed by atoms with E-state index in [-0.39, 0.29) is 16.2 Å². The van der Waals surface area contributed by atoms with Crippen LogP contribution in [0.15, 0.2) is 18.3 Å². The van der Waals surface area contributed by atoms with Crippen LogP contribution < -0.4 is 10.0 Å². The summed E-state index contributed by atoms with van der Waals surface area (Å²) in [5.41, 5.74) is 2.77. The summed E-state index contributed by atoms with van der Waals surface area (Å²) in [5.74, 6) is 0. The summed E-state index contributed by atoms with van der Waals surface area (Å²) < 4.78 is 15.7. The molecule has 4 nitrogen and oxygen atoms in total. The van der Waals surface area contributed by atoms with Crippen LogP contribution in [0.25, 0.3) is 0 Å². The van der Waals surface area contributed by atoms with Crippen LogP contribution in [0.1, 0.15) is 38.4 Å². The molecule has 1 aromatic heterocycles. The molecule has 2 heterocycles. The SMILES string of the molecule is CC(C)(C)[S+]([O-])NC1CNCCC12Cc1cccnc1C2. The highest BCUT2D eigenvalue weighted by Crippen LogP contribution is 2.43. The first-order chi connectivity index (χ1) is 9.91. The van der Waals surface area contributed by atoms with Crippen LogP contribution in [0, 0.1) is 5.41 Å². The highest BCUT2D eigenvalue weighted by Gasteiger charge is 2.48. The van der Waals surface area contributed by atoms with E-state index in [2.05, 4.69) is 21.1 Å². The molecule has 0 aromatic carbocycles. The molecule has 2 N–H and O–H groups in total. The van der Waals surface area contributed by atoms with E-state index in [0.717, 1.165) is 32.4 Å². The van der Waals surface area contributed by atoms with Gasteiger partial charge in [0.05, 0.1) is 6.04 Å². The number of nitrogens with zero attached hydrogens (tertiary/aromatic N) is 1. The van der Waals surface area contributed by atoms with Gasteiger partial charge in [0, 0.05) is 35.2 Å². The fourth-order valence-electron chi connectivity index (χ4n) is 3.44. The first-order valence-electron chi connectivity index (χ1n) is 7.72. The first-order valence-corrected chi connectivity index (χ1v) is 8.87. The average Bonchev–Trinajstić information content (AvgIpc) is 2.79. The predicted molar refractivity (Wildman–Crippen MR) is 86.4 cm³/mol. The quantitative estimate of drug-likeness (QED) is 0.815. The Hall–Kier alpha value is -0.620. The molecule has 1 saturated heterocycles. The molecule has 3 rings (SSSR count). The van der Waals surface area contributed by atoms with E-state index in [4.69, 9.17) is 0 Å². The minimum Gasteiger partial charge on any atom is -0.598 e. The van der Waals surface area contributed by atoms with Gasteiger partial charge in [-0.05, 0) is 58.2 Å². The highest BCUT2D eigenvalue weighted by atomic mass is 32.2. The second kappa shape index (κ2) is 5.54. The van der Waals surface area contributed by atoms with Gasteiger partial charge in [0.15, 0.2) is 0 Å². The molecule has 5 heteroatoms. The molecule has 21 heavy (non-hydrogen) atoms. The number of piperidine rings is 1. The van der Waals surface area contributed by atoms with Crippen molar-refractivity contribution < 1.29 is 4.55 Å². The van der Waals surface area contributed by atoms with E-state index in [1.54, 1.807) is 0 Å². The Morgan fingerprint density at radius 2 is 2.24 bits per heavy atom. The third-order valence-corrected chi connectivity index (χ3v) is 6.35. The Labute approximate surface area is 130 Å². The highest BCUT2D eigenvalue weighted by molar-refractivity contribution is 7.90. The van der Waals surface area contributed by atoms with Crippen molar-refractivity contribution in [1.82, 2.24) is 15.0 Å². The van der Waals surface area contributed by atoms with Gasteiger partial charge < -0.3 is 9.87 Å². The Balaban J connectivity index is 1.80. The lowest BCUT2D eigenvalue weighted by molar-refractivity contribution is 0.164. The summed E-state index contributed by atoms with van der Waals surface area (Å²) in [6, 6.07) is 4.45. The number of hydrogen-bond acceptors (Lipinski definition) is 4. The zero-order valence-electron chi connectivity index (χ0n) is 13.1. The molecule has 1 aliphatic carbocycles. The molecule has 1 aromatic rings. The average molecular weight is 307 g/mol. The van der Waals surface area contributed by atoms with Gasteiger partial charge in [-0.2, -0.15) is 0 Å². The van der Waals surface area contributed by atoms with Crippen LogP contribution in [0.4, 0.5) is 0 Å². The number of rotatable bonds is 2. The smallest absolute Gasteiger partial charge is 0.136 e. The van der Waals surface area contributed by atoms with Gasteiger partial charge in [-0.3, -0.25) is 4.98 Å². The maximum Gasteiger partial charge on any atom is 0.136 e. The maximum atomic E-state index is 12.5. The predicted octanol–water partition coefficient (Wildman–Crippen LogP) is 1.58. The molecule has 0 amide bonds. The maximum absolute atomic E-state index is 12.5. The first kappa shape index (κ1) is 15.3. The number of fused-ring (bicyclic) bond motifs is 1. The molecular weight excluding hydrogens is 282 g/mol. The second-order valence-corrected chi connectivity index (χ2v) is 9.33. The van der Waals surface area contributed by atoms with E-state index in [1.807, 2.05) is 33.0 Å². The lowest BCUT2D eigenvalue weighted by atomic mass is 9.73. The van der Waals surface area contributed by atoms with Gasteiger partial charge in [0.2, 0.25) is 0 Å². The van der Waals surface area contributed by atoms with Crippen molar-refractivity contribution in [3.8, 4) is 0 Å². The number of nitrogens with one attached hydrogen (secondary N) is 2. The van der Waals surface area contributed by atoms with Gasteiger partial charge in [-0.15, -0.1) is 4.72 Å². The molecule has 1 spiro atoms. The summed E-state index contributed by atoms with van der Waals surface area (Å²) in [7, 11) is 0. The van der Waals surface area contributed by atoms with Crippen LogP contribution in [0.3, 0.4) is 0 Å². The minimum absolute atomic E-state index is 0.169. The standard InChI is InChI=1S/C16H25N3OS/c1-15(2,3)21(20)19-14-11-17-8-6-16(14)9-12-5-4-7-18-13(12)10-16/h4-5,7,14,17,19H,6,8-11H2,1-3H3. The Kier molecular flexibility index (Phi) is 4.03. The lowest BCUT2D eigenvalue weighted by Crippen LogP contribution is -2.60. The van der Waals surface area contributed by atoms with E-state index < -0.39 is 11.4 Å². The van der Waals surface area contributed by atoms with E-state index in [0.29, 0.717) is 0 Å². The third-order valence-electron chi connectivity index (χ3n) is 4.74. The number of pyridine rings is 1. The van der Waals surface area contributed by atoms with E-state index in [1.165, 1.54) is 11.3 Å². The van der Waals surface area contributed by atoms with Crippen LogP contribution >= 0.6 is 0 Å². The van der Waals surface area contributed by atoms with Gasteiger partial charge in [-0.1, -0.05) is 6.07 Å². The van der Waals surface area contributed by atoms with Crippen molar-refractivity contribution >= 4 is 11.4 Å². The Bertz CT molecular complexity index is 489. The minimum atomic E-state index is -1.03. The summed E-state index contributed by atoms with van der Waals surface area (Å²) in [6.07, 6.45) is 5.05. The molecular formula is C16H25N3OS. The fraction of sp³-hybridized carbons (Fsp3) is 0.688. The molecule has 0 radical (unpaired) electrons. The molecule has 3 atom stereocenters. The molecule has 1 fully saturated rings. The van der Waals surface area contributed by atoms with Crippen LogP contribution in [0.2, 0.25) is 0 Å². The number of hydrogen-bond donors (Lipinski definition) is 2. The molecule has 116 valence electrons. The topological polar surface area (TPSA) is 60.0 Å². The van der Waals surface area contributed by atoms with Crippen molar-refractivity contribution in [3.05, 3.63) is 29.6 Å². The second-order valence-electron chi connectivity index (χ2n) is 7.33. The summed E-state index contributed by atoms with van der Waals surface area (Å²) in [4.78, 5) is 4.55. The van der Waals surface area contributed by atoms with E-state index >= 15 is 0 Å². The van der Waals surface area contributed by atoms with Crippen molar-refractivity contribution in [2.24, 2.45) is 5.41 Å². The molecule has 0 bridgehead atoms. The third kappa shape index (κ3) is 2.97. The van der Waals surface area contributed by atoms with Crippen molar-refractivity contribution in [3.63, 3.8) is 0 Å².